The number of carbonyl (C=O) groups is 3. The molecule has 1 N–H and O–H groups in total. The van der Waals surface area contributed by atoms with Gasteiger partial charge < -0.3 is 24.5 Å². The number of carbonyl (C=O) groups excluding carboxylic acids is 2. The zero-order valence-electron chi connectivity index (χ0n) is 12.6. The zero-order valence-corrected chi connectivity index (χ0v) is 12.6. The Morgan fingerprint density at radius 1 is 1.14 bits per heavy atom. The van der Waals surface area contributed by atoms with Crippen LogP contribution in [0.4, 0.5) is 4.79 Å². The molecule has 0 unspecified atom stereocenters. The van der Waals surface area contributed by atoms with E-state index in [1.807, 2.05) is 0 Å². The number of carboxylic acids is 1. The third-order valence-electron chi connectivity index (χ3n) is 3.37. The lowest BCUT2D eigenvalue weighted by atomic mass is 10.4. The summed E-state index contributed by atoms with van der Waals surface area (Å²) in [6.45, 7) is 3.71. The standard InChI is InChI=1S/C13H23N3O5/c1-11(17)14-4-3-5-15(7-6-14)13(20)16(8-9-21-2)10-12(18)19/h3-10H2,1-2H3,(H,18,19). The van der Waals surface area contributed by atoms with Crippen LogP contribution in [0.3, 0.4) is 0 Å². The van der Waals surface area contributed by atoms with Crippen molar-refractivity contribution in [2.45, 2.75) is 13.3 Å². The molecule has 0 aromatic rings. The molecule has 0 aliphatic carbocycles. The fourth-order valence-corrected chi connectivity index (χ4v) is 2.23. The van der Waals surface area contributed by atoms with Gasteiger partial charge in [0.2, 0.25) is 5.91 Å². The second kappa shape index (κ2) is 8.46. The van der Waals surface area contributed by atoms with Crippen LogP contribution in [0.1, 0.15) is 13.3 Å². The summed E-state index contributed by atoms with van der Waals surface area (Å²) in [5.74, 6) is -1.06. The number of hydrogen-bond donors (Lipinski definition) is 1. The first-order valence-electron chi connectivity index (χ1n) is 6.95. The van der Waals surface area contributed by atoms with Crippen LogP contribution in [0, 0.1) is 0 Å². The van der Waals surface area contributed by atoms with E-state index < -0.39 is 5.97 Å². The molecule has 0 saturated carbocycles. The van der Waals surface area contributed by atoms with Crippen molar-refractivity contribution in [3.8, 4) is 0 Å². The zero-order chi connectivity index (χ0) is 15.8. The summed E-state index contributed by atoms with van der Waals surface area (Å²) in [6.07, 6.45) is 0.691. The molecule has 1 fully saturated rings. The van der Waals surface area contributed by atoms with Gasteiger partial charge in [-0.1, -0.05) is 0 Å². The van der Waals surface area contributed by atoms with Crippen molar-refractivity contribution < 1.29 is 24.2 Å². The highest BCUT2D eigenvalue weighted by Crippen LogP contribution is 2.07. The highest BCUT2D eigenvalue weighted by Gasteiger charge is 2.25. The lowest BCUT2D eigenvalue weighted by Gasteiger charge is -2.28. The van der Waals surface area contributed by atoms with Gasteiger partial charge in [-0.05, 0) is 6.42 Å². The average molecular weight is 301 g/mol. The Labute approximate surface area is 124 Å². The molecular weight excluding hydrogens is 278 g/mol. The Hall–Kier alpha value is -1.83. The van der Waals surface area contributed by atoms with Gasteiger partial charge in [0.05, 0.1) is 6.61 Å². The van der Waals surface area contributed by atoms with E-state index >= 15 is 0 Å². The summed E-state index contributed by atoms with van der Waals surface area (Å²) in [5.41, 5.74) is 0. The number of nitrogens with zero attached hydrogens (tertiary/aromatic N) is 3. The van der Waals surface area contributed by atoms with Gasteiger partial charge in [-0.15, -0.1) is 0 Å². The van der Waals surface area contributed by atoms with Crippen LogP contribution in [0.15, 0.2) is 0 Å². The summed E-state index contributed by atoms with van der Waals surface area (Å²) < 4.78 is 4.91. The van der Waals surface area contributed by atoms with Gasteiger partial charge in [-0.2, -0.15) is 0 Å². The van der Waals surface area contributed by atoms with Crippen molar-refractivity contribution in [3.05, 3.63) is 0 Å². The number of ether oxygens (including phenoxy) is 1. The first kappa shape index (κ1) is 17.2. The molecule has 0 radical (unpaired) electrons. The molecule has 1 aliphatic heterocycles. The van der Waals surface area contributed by atoms with Crippen LogP contribution < -0.4 is 0 Å². The predicted molar refractivity (Wildman–Crippen MR) is 74.9 cm³/mol. The second-order valence-corrected chi connectivity index (χ2v) is 4.94. The van der Waals surface area contributed by atoms with E-state index in [4.69, 9.17) is 9.84 Å². The average Bonchev–Trinajstić information content (AvgIpc) is 2.68. The predicted octanol–water partition coefficient (Wildman–Crippen LogP) is -0.306. The number of methoxy groups -OCH3 is 1. The Bertz CT molecular complexity index is 388. The SMILES string of the molecule is COCCN(CC(=O)O)C(=O)N1CCCN(C(C)=O)CC1. The minimum absolute atomic E-state index is 0.00826. The molecule has 3 amide bonds. The van der Waals surface area contributed by atoms with E-state index in [0.29, 0.717) is 32.6 Å². The third kappa shape index (κ3) is 5.58. The maximum Gasteiger partial charge on any atom is 0.323 e. The van der Waals surface area contributed by atoms with Crippen molar-refractivity contribution in [1.29, 1.82) is 0 Å². The highest BCUT2D eigenvalue weighted by molar-refractivity contribution is 5.80. The smallest absolute Gasteiger partial charge is 0.323 e. The summed E-state index contributed by atoms with van der Waals surface area (Å²) in [4.78, 5) is 39.2. The van der Waals surface area contributed by atoms with Gasteiger partial charge >= 0.3 is 12.0 Å². The van der Waals surface area contributed by atoms with Gasteiger partial charge in [0.1, 0.15) is 6.54 Å². The van der Waals surface area contributed by atoms with Gasteiger partial charge in [-0.25, -0.2) is 4.79 Å². The van der Waals surface area contributed by atoms with Crippen LogP contribution in [0.25, 0.3) is 0 Å². The quantitative estimate of drug-likeness (QED) is 0.752. The van der Waals surface area contributed by atoms with E-state index in [2.05, 4.69) is 0 Å². The fourth-order valence-electron chi connectivity index (χ4n) is 2.23. The van der Waals surface area contributed by atoms with Crippen molar-refractivity contribution in [2.24, 2.45) is 0 Å². The Morgan fingerprint density at radius 2 is 1.76 bits per heavy atom. The molecule has 1 saturated heterocycles. The number of aliphatic carboxylic acids is 1. The topological polar surface area (TPSA) is 90.4 Å². The molecule has 1 aliphatic rings. The van der Waals surface area contributed by atoms with Crippen molar-refractivity contribution in [2.75, 3.05) is 53.0 Å². The van der Waals surface area contributed by atoms with E-state index in [-0.39, 0.29) is 31.6 Å². The minimum atomic E-state index is -1.06. The molecule has 8 heteroatoms. The molecule has 120 valence electrons. The van der Waals surface area contributed by atoms with Gasteiger partial charge in [0.25, 0.3) is 0 Å². The van der Waals surface area contributed by atoms with Crippen LogP contribution in [0.5, 0.6) is 0 Å². The minimum Gasteiger partial charge on any atom is -0.480 e. The lowest BCUT2D eigenvalue weighted by Crippen LogP contribution is -2.47. The largest absolute Gasteiger partial charge is 0.480 e. The molecule has 0 aromatic carbocycles. The summed E-state index contributed by atoms with van der Waals surface area (Å²) in [7, 11) is 1.50. The third-order valence-corrected chi connectivity index (χ3v) is 3.37. The number of amides is 3. The molecule has 8 nitrogen and oxygen atoms in total. The summed E-state index contributed by atoms with van der Waals surface area (Å²) >= 11 is 0. The molecule has 0 spiro atoms. The Balaban J connectivity index is 2.64. The summed E-state index contributed by atoms with van der Waals surface area (Å²) in [6, 6.07) is -0.320. The molecule has 0 bridgehead atoms. The number of carboxylic acid groups (broad SMARTS) is 1. The van der Waals surface area contributed by atoms with Gasteiger partial charge in [-0.3, -0.25) is 9.59 Å². The first-order valence-corrected chi connectivity index (χ1v) is 6.95. The van der Waals surface area contributed by atoms with E-state index in [1.165, 1.54) is 18.9 Å². The number of hydrogen-bond acceptors (Lipinski definition) is 4. The van der Waals surface area contributed by atoms with Crippen LogP contribution in [0.2, 0.25) is 0 Å². The van der Waals surface area contributed by atoms with Crippen LogP contribution in [-0.2, 0) is 14.3 Å². The lowest BCUT2D eigenvalue weighted by molar-refractivity contribution is -0.137. The van der Waals surface area contributed by atoms with Crippen LogP contribution >= 0.6 is 0 Å². The van der Waals surface area contributed by atoms with Crippen molar-refractivity contribution >= 4 is 17.9 Å². The monoisotopic (exact) mass is 301 g/mol. The molecule has 1 rings (SSSR count). The van der Waals surface area contributed by atoms with Crippen molar-refractivity contribution in [1.82, 2.24) is 14.7 Å². The highest BCUT2D eigenvalue weighted by atomic mass is 16.5. The maximum atomic E-state index is 12.4. The van der Waals surface area contributed by atoms with Crippen molar-refractivity contribution in [3.63, 3.8) is 0 Å². The number of urea groups is 1. The Kier molecular flexibility index (Phi) is 6.93. The van der Waals surface area contributed by atoms with E-state index in [1.54, 1.807) is 9.80 Å². The van der Waals surface area contributed by atoms with Crippen LogP contribution in [-0.4, -0.2) is 90.7 Å². The van der Waals surface area contributed by atoms with E-state index in [0.717, 1.165) is 0 Å². The van der Waals surface area contributed by atoms with Gasteiger partial charge in [0.15, 0.2) is 0 Å². The molecule has 0 atom stereocenters. The number of rotatable bonds is 5. The molecule has 21 heavy (non-hydrogen) atoms. The van der Waals surface area contributed by atoms with Gasteiger partial charge in [0, 0.05) is 46.8 Å². The summed E-state index contributed by atoms with van der Waals surface area (Å²) in [5, 5.41) is 8.89. The second-order valence-electron chi connectivity index (χ2n) is 4.94. The normalized spacial score (nSPS) is 15.5. The first-order chi connectivity index (χ1) is 9.95. The Morgan fingerprint density at radius 3 is 2.33 bits per heavy atom. The fraction of sp³-hybridized carbons (Fsp3) is 0.769. The molecular formula is C13H23N3O5. The van der Waals surface area contributed by atoms with E-state index in [9.17, 15) is 14.4 Å². The molecule has 1 heterocycles. The maximum absolute atomic E-state index is 12.4. The molecule has 0 aromatic heterocycles.